The number of aryl methyl sites for hydroxylation is 1. The number of nitrogens with zero attached hydrogens (tertiary/aromatic N) is 2. The minimum atomic E-state index is -0.714. The van der Waals surface area contributed by atoms with Crippen molar-refractivity contribution in [1.82, 2.24) is 10.3 Å². The molecule has 24 heavy (non-hydrogen) atoms. The first-order chi connectivity index (χ1) is 11.6. The second-order valence-corrected chi connectivity index (χ2v) is 7.04. The molecule has 1 aromatic heterocycles. The number of thiazole rings is 1. The van der Waals surface area contributed by atoms with Crippen LogP contribution in [0.3, 0.4) is 0 Å². The number of carbonyl (C=O) groups excluding carboxylic acids is 1. The van der Waals surface area contributed by atoms with Gasteiger partial charge in [-0.1, -0.05) is 29.8 Å². The molecule has 128 valence electrons. The molecule has 1 aromatic carbocycles. The van der Waals surface area contributed by atoms with Crippen molar-refractivity contribution in [3.05, 3.63) is 46.5 Å². The molecule has 1 atom stereocenters. The van der Waals surface area contributed by atoms with Crippen LogP contribution in [0, 0.1) is 6.92 Å². The van der Waals surface area contributed by atoms with Crippen LogP contribution in [0.25, 0.3) is 0 Å². The van der Waals surface area contributed by atoms with Crippen LogP contribution in [-0.4, -0.2) is 35.6 Å². The second kappa shape index (κ2) is 7.77. The first kappa shape index (κ1) is 16.9. The summed E-state index contributed by atoms with van der Waals surface area (Å²) in [5.74, 6) is -0.235. The van der Waals surface area contributed by atoms with Crippen molar-refractivity contribution in [2.45, 2.75) is 32.3 Å². The summed E-state index contributed by atoms with van der Waals surface area (Å²) in [6, 6.07) is 7.67. The number of aromatic nitrogens is 1. The van der Waals surface area contributed by atoms with Crippen LogP contribution in [-0.2, 0) is 0 Å². The highest BCUT2D eigenvalue weighted by Gasteiger charge is 2.18. The molecule has 0 saturated carbocycles. The van der Waals surface area contributed by atoms with E-state index in [2.05, 4.69) is 15.2 Å². The smallest absolute Gasteiger partial charge is 0.270 e. The molecule has 1 saturated heterocycles. The van der Waals surface area contributed by atoms with Crippen LogP contribution >= 0.6 is 11.3 Å². The molecular formula is C18H23N3O2S. The molecule has 0 radical (unpaired) electrons. The molecule has 1 amide bonds. The lowest BCUT2D eigenvalue weighted by atomic mass is 10.1. The number of amides is 1. The fourth-order valence-electron chi connectivity index (χ4n) is 2.87. The summed E-state index contributed by atoms with van der Waals surface area (Å²) in [7, 11) is 0. The lowest BCUT2D eigenvalue weighted by Crippen LogP contribution is -2.30. The van der Waals surface area contributed by atoms with E-state index in [0.29, 0.717) is 5.69 Å². The standard InChI is InChI=1S/C18H23N3O2S/c1-13-6-5-7-14(10-13)16(22)11-19-17(23)15-12-24-18(20-15)21-8-3-2-4-9-21/h5-7,10,12,16,22H,2-4,8-9,11H2,1H3,(H,19,23). The molecule has 2 heterocycles. The molecule has 0 spiro atoms. The quantitative estimate of drug-likeness (QED) is 0.874. The van der Waals surface area contributed by atoms with Gasteiger partial charge in [-0.3, -0.25) is 4.79 Å². The average Bonchev–Trinajstić information content (AvgIpc) is 3.10. The Bertz CT molecular complexity index is 695. The third-order valence-corrected chi connectivity index (χ3v) is 5.14. The van der Waals surface area contributed by atoms with Gasteiger partial charge < -0.3 is 15.3 Å². The van der Waals surface area contributed by atoms with Gasteiger partial charge in [0.15, 0.2) is 5.13 Å². The number of hydrogen-bond donors (Lipinski definition) is 2. The van der Waals surface area contributed by atoms with Gasteiger partial charge in [0, 0.05) is 25.0 Å². The molecule has 1 fully saturated rings. The van der Waals surface area contributed by atoms with Gasteiger partial charge >= 0.3 is 0 Å². The van der Waals surface area contributed by atoms with Crippen molar-refractivity contribution in [1.29, 1.82) is 0 Å². The zero-order chi connectivity index (χ0) is 16.9. The van der Waals surface area contributed by atoms with E-state index in [-0.39, 0.29) is 12.5 Å². The Morgan fingerprint density at radius 1 is 1.38 bits per heavy atom. The highest BCUT2D eigenvalue weighted by atomic mass is 32.1. The number of hydrogen-bond acceptors (Lipinski definition) is 5. The van der Waals surface area contributed by atoms with Crippen LogP contribution in [0.2, 0.25) is 0 Å². The van der Waals surface area contributed by atoms with Crippen molar-refractivity contribution >= 4 is 22.4 Å². The fourth-order valence-corrected chi connectivity index (χ4v) is 3.73. The third-order valence-electron chi connectivity index (χ3n) is 4.23. The molecule has 1 aliphatic heterocycles. The van der Waals surface area contributed by atoms with Crippen LogP contribution in [0.1, 0.15) is 47.0 Å². The Kier molecular flexibility index (Phi) is 5.48. The molecule has 1 aliphatic rings. The third kappa shape index (κ3) is 4.13. The van der Waals surface area contributed by atoms with E-state index in [1.165, 1.54) is 30.6 Å². The summed E-state index contributed by atoms with van der Waals surface area (Å²) in [6.45, 7) is 4.19. The number of carbonyl (C=O) groups is 1. The molecule has 0 aliphatic carbocycles. The van der Waals surface area contributed by atoms with Crippen LogP contribution in [0.4, 0.5) is 5.13 Å². The SMILES string of the molecule is Cc1cccc(C(O)CNC(=O)c2csc(N3CCCCC3)n2)c1. The number of rotatable bonds is 5. The van der Waals surface area contributed by atoms with Gasteiger partial charge in [-0.2, -0.15) is 0 Å². The van der Waals surface area contributed by atoms with Crippen molar-refractivity contribution < 1.29 is 9.90 Å². The summed E-state index contributed by atoms with van der Waals surface area (Å²) < 4.78 is 0. The van der Waals surface area contributed by atoms with Gasteiger partial charge in [0.1, 0.15) is 5.69 Å². The molecular weight excluding hydrogens is 322 g/mol. The van der Waals surface area contributed by atoms with E-state index in [9.17, 15) is 9.90 Å². The highest BCUT2D eigenvalue weighted by molar-refractivity contribution is 7.13. The Hall–Kier alpha value is -1.92. The predicted octanol–water partition coefficient (Wildman–Crippen LogP) is 2.91. The molecule has 2 aromatic rings. The maximum atomic E-state index is 12.2. The molecule has 2 N–H and O–H groups in total. The van der Waals surface area contributed by atoms with E-state index in [1.807, 2.05) is 31.2 Å². The number of aliphatic hydroxyl groups excluding tert-OH is 1. The van der Waals surface area contributed by atoms with Crippen LogP contribution in [0.15, 0.2) is 29.6 Å². The average molecular weight is 345 g/mol. The number of piperidine rings is 1. The first-order valence-corrected chi connectivity index (χ1v) is 9.25. The minimum Gasteiger partial charge on any atom is -0.387 e. The van der Waals surface area contributed by atoms with Crippen molar-refractivity contribution in [3.8, 4) is 0 Å². The molecule has 0 bridgehead atoms. The van der Waals surface area contributed by atoms with Gasteiger partial charge in [0.25, 0.3) is 5.91 Å². The van der Waals surface area contributed by atoms with Crippen molar-refractivity contribution in [2.75, 3.05) is 24.5 Å². The predicted molar refractivity (Wildman–Crippen MR) is 96.7 cm³/mol. The number of benzene rings is 1. The Morgan fingerprint density at radius 3 is 2.92 bits per heavy atom. The first-order valence-electron chi connectivity index (χ1n) is 8.37. The van der Waals surface area contributed by atoms with E-state index < -0.39 is 6.10 Å². The fraction of sp³-hybridized carbons (Fsp3) is 0.444. The summed E-state index contributed by atoms with van der Waals surface area (Å²) in [6.07, 6.45) is 2.92. The second-order valence-electron chi connectivity index (χ2n) is 6.20. The maximum absolute atomic E-state index is 12.2. The van der Waals surface area contributed by atoms with Gasteiger partial charge in [0.05, 0.1) is 6.10 Å². The molecule has 6 heteroatoms. The Balaban J connectivity index is 1.56. The molecule has 5 nitrogen and oxygen atoms in total. The Morgan fingerprint density at radius 2 is 2.17 bits per heavy atom. The van der Waals surface area contributed by atoms with E-state index >= 15 is 0 Å². The summed E-state index contributed by atoms with van der Waals surface area (Å²) in [5.41, 5.74) is 2.32. The van der Waals surface area contributed by atoms with E-state index in [1.54, 1.807) is 5.38 Å². The van der Waals surface area contributed by atoms with Crippen LogP contribution in [0.5, 0.6) is 0 Å². The van der Waals surface area contributed by atoms with Crippen LogP contribution < -0.4 is 10.2 Å². The van der Waals surface area contributed by atoms with E-state index in [4.69, 9.17) is 0 Å². The molecule has 1 unspecified atom stereocenters. The lowest BCUT2D eigenvalue weighted by molar-refractivity contribution is 0.0912. The van der Waals surface area contributed by atoms with Gasteiger partial charge in [-0.15, -0.1) is 11.3 Å². The minimum absolute atomic E-state index is 0.179. The molecule has 3 rings (SSSR count). The van der Waals surface area contributed by atoms with Crippen molar-refractivity contribution in [3.63, 3.8) is 0 Å². The largest absolute Gasteiger partial charge is 0.387 e. The van der Waals surface area contributed by atoms with Gasteiger partial charge in [-0.25, -0.2) is 4.98 Å². The number of aliphatic hydroxyl groups is 1. The van der Waals surface area contributed by atoms with E-state index in [0.717, 1.165) is 29.3 Å². The zero-order valence-corrected chi connectivity index (χ0v) is 14.7. The normalized spacial score (nSPS) is 16.0. The number of anilines is 1. The van der Waals surface area contributed by atoms with Crippen molar-refractivity contribution in [2.24, 2.45) is 0 Å². The summed E-state index contributed by atoms with van der Waals surface area (Å²) in [4.78, 5) is 18.9. The summed E-state index contributed by atoms with van der Waals surface area (Å²) in [5, 5.41) is 15.7. The summed E-state index contributed by atoms with van der Waals surface area (Å²) >= 11 is 1.51. The Labute approximate surface area is 146 Å². The maximum Gasteiger partial charge on any atom is 0.270 e. The monoisotopic (exact) mass is 345 g/mol. The van der Waals surface area contributed by atoms with Gasteiger partial charge in [-0.05, 0) is 31.7 Å². The zero-order valence-electron chi connectivity index (χ0n) is 13.9. The van der Waals surface area contributed by atoms with Gasteiger partial charge in [0.2, 0.25) is 0 Å². The lowest BCUT2D eigenvalue weighted by Gasteiger charge is -2.25. The topological polar surface area (TPSA) is 65.5 Å². The highest BCUT2D eigenvalue weighted by Crippen LogP contribution is 2.24. The number of nitrogens with one attached hydrogen (secondary N) is 1.